The van der Waals surface area contributed by atoms with Gasteiger partial charge in [-0.25, -0.2) is 9.69 Å². The molecule has 146 valence electrons. The molecule has 2 aromatic carbocycles. The Kier molecular flexibility index (Phi) is 5.10. The number of urea groups is 1. The van der Waals surface area contributed by atoms with Crippen molar-refractivity contribution < 1.29 is 9.59 Å². The third kappa shape index (κ3) is 3.39. The quantitative estimate of drug-likeness (QED) is 0.777. The minimum atomic E-state index is -1.04. The number of carbonyl (C=O) groups is 2. The SMILES string of the molecule is CC1(c2ccccc2)NC(=O)N(CN2CCNCC2c2ccc(Cl)cc2)C1=O. The summed E-state index contributed by atoms with van der Waals surface area (Å²) in [5.74, 6) is -0.225. The van der Waals surface area contributed by atoms with Crippen LogP contribution in [0.3, 0.4) is 0 Å². The average molecular weight is 399 g/mol. The molecule has 2 N–H and O–H groups in total. The minimum absolute atomic E-state index is 0.0650. The molecule has 0 saturated carbocycles. The maximum absolute atomic E-state index is 13.2. The van der Waals surface area contributed by atoms with Gasteiger partial charge in [0.25, 0.3) is 5.91 Å². The van der Waals surface area contributed by atoms with Gasteiger partial charge in [0.1, 0.15) is 5.54 Å². The predicted molar refractivity (Wildman–Crippen MR) is 108 cm³/mol. The van der Waals surface area contributed by atoms with Gasteiger partial charge in [0, 0.05) is 30.7 Å². The highest BCUT2D eigenvalue weighted by Gasteiger charge is 2.49. The van der Waals surface area contributed by atoms with Gasteiger partial charge in [-0.3, -0.25) is 9.69 Å². The molecular formula is C21H23ClN4O2. The lowest BCUT2D eigenvalue weighted by molar-refractivity contribution is -0.133. The van der Waals surface area contributed by atoms with E-state index in [-0.39, 0.29) is 24.6 Å². The summed E-state index contributed by atoms with van der Waals surface area (Å²) in [5.41, 5.74) is 0.849. The first kappa shape index (κ1) is 18.9. The van der Waals surface area contributed by atoms with Crippen molar-refractivity contribution in [1.82, 2.24) is 20.4 Å². The molecule has 2 heterocycles. The minimum Gasteiger partial charge on any atom is -0.319 e. The number of nitrogens with one attached hydrogen (secondary N) is 2. The molecule has 2 aliphatic rings. The summed E-state index contributed by atoms with van der Waals surface area (Å²) < 4.78 is 0. The fraction of sp³-hybridized carbons (Fsp3) is 0.333. The predicted octanol–water partition coefficient (Wildman–Crippen LogP) is 2.71. The summed E-state index contributed by atoms with van der Waals surface area (Å²) in [6.07, 6.45) is 0. The van der Waals surface area contributed by atoms with Crippen molar-refractivity contribution in [3.63, 3.8) is 0 Å². The normalized spacial score (nSPS) is 25.8. The molecule has 2 atom stereocenters. The van der Waals surface area contributed by atoms with E-state index in [0.717, 1.165) is 30.8 Å². The Balaban J connectivity index is 1.56. The van der Waals surface area contributed by atoms with E-state index < -0.39 is 5.54 Å². The Bertz CT molecular complexity index is 874. The number of hydrogen-bond donors (Lipinski definition) is 2. The van der Waals surface area contributed by atoms with E-state index in [1.54, 1.807) is 6.92 Å². The molecule has 2 saturated heterocycles. The van der Waals surface area contributed by atoms with Crippen LogP contribution in [0.5, 0.6) is 0 Å². The second kappa shape index (κ2) is 7.54. The van der Waals surface area contributed by atoms with Gasteiger partial charge in [-0.15, -0.1) is 0 Å². The molecular weight excluding hydrogens is 376 g/mol. The molecule has 2 aromatic rings. The lowest BCUT2D eigenvalue weighted by Gasteiger charge is -2.38. The second-order valence-corrected chi connectivity index (χ2v) is 7.82. The van der Waals surface area contributed by atoms with E-state index in [9.17, 15) is 9.59 Å². The van der Waals surface area contributed by atoms with Gasteiger partial charge in [0.2, 0.25) is 0 Å². The van der Waals surface area contributed by atoms with Crippen molar-refractivity contribution in [3.8, 4) is 0 Å². The van der Waals surface area contributed by atoms with Crippen LogP contribution < -0.4 is 10.6 Å². The third-order valence-corrected chi connectivity index (χ3v) is 5.81. The highest BCUT2D eigenvalue weighted by atomic mass is 35.5. The van der Waals surface area contributed by atoms with E-state index in [1.807, 2.05) is 54.6 Å². The Hall–Kier alpha value is -2.41. The molecule has 0 spiro atoms. The number of hydrogen-bond acceptors (Lipinski definition) is 4. The highest BCUT2D eigenvalue weighted by Crippen LogP contribution is 2.30. The smallest absolute Gasteiger partial charge is 0.319 e. The van der Waals surface area contributed by atoms with Crippen molar-refractivity contribution in [2.24, 2.45) is 0 Å². The first-order valence-electron chi connectivity index (χ1n) is 9.39. The number of rotatable bonds is 4. The zero-order chi connectivity index (χ0) is 19.7. The summed E-state index contributed by atoms with van der Waals surface area (Å²) in [6.45, 7) is 4.32. The number of halogens is 1. The average Bonchev–Trinajstić information content (AvgIpc) is 2.94. The fourth-order valence-corrected chi connectivity index (χ4v) is 4.03. The number of nitrogens with zero attached hydrogens (tertiary/aromatic N) is 2. The lowest BCUT2D eigenvalue weighted by atomic mass is 9.92. The molecule has 2 unspecified atom stereocenters. The van der Waals surface area contributed by atoms with Crippen molar-refractivity contribution in [1.29, 1.82) is 0 Å². The van der Waals surface area contributed by atoms with Gasteiger partial charge in [-0.05, 0) is 30.2 Å². The molecule has 4 rings (SSSR count). The standard InChI is InChI=1S/C21H23ClN4O2/c1-21(16-5-3-2-4-6-16)19(27)26(20(28)24-21)14-25-12-11-23-13-18(25)15-7-9-17(22)10-8-15/h2-10,18,23H,11-14H2,1H3,(H,24,28). The monoisotopic (exact) mass is 398 g/mol. The highest BCUT2D eigenvalue weighted by molar-refractivity contribution is 6.30. The van der Waals surface area contributed by atoms with Gasteiger partial charge in [-0.2, -0.15) is 0 Å². The zero-order valence-corrected chi connectivity index (χ0v) is 16.4. The summed E-state index contributed by atoms with van der Waals surface area (Å²) in [6, 6.07) is 16.8. The van der Waals surface area contributed by atoms with E-state index >= 15 is 0 Å². The van der Waals surface area contributed by atoms with E-state index in [2.05, 4.69) is 15.5 Å². The molecule has 6 nitrogen and oxygen atoms in total. The molecule has 0 aliphatic carbocycles. The van der Waals surface area contributed by atoms with E-state index in [4.69, 9.17) is 11.6 Å². The van der Waals surface area contributed by atoms with Crippen molar-refractivity contribution >= 4 is 23.5 Å². The molecule has 0 bridgehead atoms. The second-order valence-electron chi connectivity index (χ2n) is 7.38. The van der Waals surface area contributed by atoms with Crippen molar-refractivity contribution in [2.45, 2.75) is 18.5 Å². The fourth-order valence-electron chi connectivity index (χ4n) is 3.90. The summed E-state index contributed by atoms with van der Waals surface area (Å²) in [5, 5.41) is 6.95. The van der Waals surface area contributed by atoms with Crippen molar-refractivity contribution in [3.05, 3.63) is 70.7 Å². The van der Waals surface area contributed by atoms with Crippen LogP contribution in [0.25, 0.3) is 0 Å². The van der Waals surface area contributed by atoms with Crippen LogP contribution >= 0.6 is 11.6 Å². The number of piperazine rings is 1. The maximum Gasteiger partial charge on any atom is 0.326 e. The third-order valence-electron chi connectivity index (χ3n) is 5.56. The maximum atomic E-state index is 13.2. The van der Waals surface area contributed by atoms with Gasteiger partial charge >= 0.3 is 6.03 Å². The molecule has 0 radical (unpaired) electrons. The van der Waals surface area contributed by atoms with Gasteiger partial charge in [-0.1, -0.05) is 54.1 Å². The topological polar surface area (TPSA) is 64.7 Å². The molecule has 2 fully saturated rings. The zero-order valence-electron chi connectivity index (χ0n) is 15.7. The van der Waals surface area contributed by atoms with Crippen LogP contribution in [0.2, 0.25) is 5.02 Å². The van der Waals surface area contributed by atoms with Gasteiger partial charge < -0.3 is 10.6 Å². The van der Waals surface area contributed by atoms with E-state index in [0.29, 0.717) is 5.02 Å². The van der Waals surface area contributed by atoms with E-state index in [1.165, 1.54) is 4.90 Å². The van der Waals surface area contributed by atoms with Crippen LogP contribution in [0.1, 0.15) is 24.1 Å². The molecule has 0 aromatic heterocycles. The Labute approximate surface area is 169 Å². The van der Waals surface area contributed by atoms with Gasteiger partial charge in [0.15, 0.2) is 0 Å². The first-order valence-corrected chi connectivity index (χ1v) is 9.77. The summed E-state index contributed by atoms with van der Waals surface area (Å²) in [7, 11) is 0. The number of amides is 3. The Morgan fingerprint density at radius 1 is 1.11 bits per heavy atom. The molecule has 3 amide bonds. The van der Waals surface area contributed by atoms with Crippen molar-refractivity contribution in [2.75, 3.05) is 26.3 Å². The van der Waals surface area contributed by atoms with Crippen LogP contribution in [-0.4, -0.2) is 48.0 Å². The summed E-state index contributed by atoms with van der Waals surface area (Å²) in [4.78, 5) is 29.3. The lowest BCUT2D eigenvalue weighted by Crippen LogP contribution is -2.51. The molecule has 28 heavy (non-hydrogen) atoms. The largest absolute Gasteiger partial charge is 0.326 e. The van der Waals surface area contributed by atoms with Crippen LogP contribution in [0.15, 0.2) is 54.6 Å². The number of imide groups is 1. The van der Waals surface area contributed by atoms with Crippen LogP contribution in [0, 0.1) is 0 Å². The van der Waals surface area contributed by atoms with Crippen LogP contribution in [-0.2, 0) is 10.3 Å². The Morgan fingerprint density at radius 3 is 2.54 bits per heavy atom. The van der Waals surface area contributed by atoms with Gasteiger partial charge in [0.05, 0.1) is 6.67 Å². The Morgan fingerprint density at radius 2 is 1.82 bits per heavy atom. The number of carbonyl (C=O) groups excluding carboxylic acids is 2. The van der Waals surface area contributed by atoms with Crippen LogP contribution in [0.4, 0.5) is 4.79 Å². The first-order chi connectivity index (χ1) is 13.5. The summed E-state index contributed by atoms with van der Waals surface area (Å²) >= 11 is 6.02. The molecule has 2 aliphatic heterocycles. The molecule has 7 heteroatoms. The number of benzene rings is 2.